The van der Waals surface area contributed by atoms with Crippen LogP contribution in [0.5, 0.6) is 0 Å². The quantitative estimate of drug-likeness (QED) is 0.577. The Bertz CT molecular complexity index is 207. The third kappa shape index (κ3) is 2.03. The molecule has 0 amide bonds. The summed E-state index contributed by atoms with van der Waals surface area (Å²) < 4.78 is 0. The average Bonchev–Trinajstić information content (AvgIpc) is 1.87. The molecule has 2 N–H and O–H groups in total. The Kier molecular flexibility index (Phi) is 2.71. The maximum absolute atomic E-state index is 5.45. The van der Waals surface area contributed by atoms with Crippen LogP contribution in [0, 0.1) is 0 Å². The smallest absolute Gasteiger partial charge is 0.0178 e. The molecular formula is C9H11N. The monoisotopic (exact) mass is 133 g/mol. The van der Waals surface area contributed by atoms with Gasteiger partial charge >= 0.3 is 0 Å². The Morgan fingerprint density at radius 2 is 1.70 bits per heavy atom. The highest BCUT2D eigenvalue weighted by Crippen LogP contribution is 1.98. The fraction of sp³-hybridized carbons (Fsp3) is 0.111. The predicted molar refractivity (Wildman–Crippen MR) is 44.6 cm³/mol. The van der Waals surface area contributed by atoms with Crippen LogP contribution < -0.4 is 5.73 Å². The van der Waals surface area contributed by atoms with Crippen molar-refractivity contribution >= 4 is 0 Å². The lowest BCUT2D eigenvalue weighted by molar-refractivity contribution is 1.19. The molecule has 52 valence electrons. The van der Waals surface area contributed by atoms with E-state index in [0.717, 1.165) is 5.57 Å². The van der Waals surface area contributed by atoms with Crippen LogP contribution in [0.3, 0.4) is 0 Å². The van der Waals surface area contributed by atoms with Crippen LogP contribution in [0.25, 0.3) is 0 Å². The molecule has 0 fully saturated rings. The normalized spacial score (nSPS) is 16.3. The molecule has 1 nitrogen and oxygen atoms in total. The highest BCUT2D eigenvalue weighted by atomic mass is 14.5. The summed E-state index contributed by atoms with van der Waals surface area (Å²) in [5.41, 5.74) is 6.60. The molecule has 10 heavy (non-hydrogen) atoms. The van der Waals surface area contributed by atoms with E-state index < -0.39 is 0 Å². The lowest BCUT2D eigenvalue weighted by Crippen LogP contribution is -2.00. The summed E-state index contributed by atoms with van der Waals surface area (Å²) >= 11 is 0. The zero-order valence-electron chi connectivity index (χ0n) is 5.83. The maximum atomic E-state index is 5.45. The van der Waals surface area contributed by atoms with Crippen LogP contribution >= 0.6 is 0 Å². The summed E-state index contributed by atoms with van der Waals surface area (Å²) in [6.07, 6.45) is 14.0. The summed E-state index contributed by atoms with van der Waals surface area (Å²) in [5, 5.41) is 0. The van der Waals surface area contributed by atoms with E-state index in [-0.39, 0.29) is 0 Å². The standard InChI is InChI=1S/C9H11N/c10-8-9-6-4-2-1-3-5-7-9/h1-7H,8,10H2. The first-order valence-electron chi connectivity index (χ1n) is 3.34. The third-order valence-corrected chi connectivity index (χ3v) is 1.30. The molecular weight excluding hydrogens is 122 g/mol. The van der Waals surface area contributed by atoms with Crippen molar-refractivity contribution in [1.29, 1.82) is 0 Å². The topological polar surface area (TPSA) is 26.0 Å². The molecule has 1 aliphatic carbocycles. The fourth-order valence-corrected chi connectivity index (χ4v) is 0.742. The molecule has 0 heterocycles. The minimum atomic E-state index is 0.606. The van der Waals surface area contributed by atoms with Gasteiger partial charge in [0.15, 0.2) is 0 Å². The lowest BCUT2D eigenvalue weighted by Gasteiger charge is -1.93. The van der Waals surface area contributed by atoms with Gasteiger partial charge in [-0.25, -0.2) is 0 Å². The Hall–Kier alpha value is -1.08. The van der Waals surface area contributed by atoms with Gasteiger partial charge < -0.3 is 5.73 Å². The maximum Gasteiger partial charge on any atom is 0.0178 e. The third-order valence-electron chi connectivity index (χ3n) is 1.30. The van der Waals surface area contributed by atoms with Crippen LogP contribution in [-0.4, -0.2) is 6.54 Å². The Morgan fingerprint density at radius 3 is 2.50 bits per heavy atom. The zero-order chi connectivity index (χ0) is 7.23. The van der Waals surface area contributed by atoms with Crippen LogP contribution in [-0.2, 0) is 0 Å². The van der Waals surface area contributed by atoms with Crippen molar-refractivity contribution < 1.29 is 0 Å². The first-order chi connectivity index (χ1) is 4.93. The van der Waals surface area contributed by atoms with Gasteiger partial charge in [-0.05, 0) is 5.57 Å². The molecule has 0 saturated carbocycles. The molecule has 0 aromatic rings. The van der Waals surface area contributed by atoms with Crippen LogP contribution in [0.1, 0.15) is 0 Å². The highest BCUT2D eigenvalue weighted by Gasteiger charge is 1.84. The summed E-state index contributed by atoms with van der Waals surface area (Å²) in [7, 11) is 0. The van der Waals surface area contributed by atoms with E-state index in [1.54, 1.807) is 0 Å². The summed E-state index contributed by atoms with van der Waals surface area (Å²) in [5.74, 6) is 0. The largest absolute Gasteiger partial charge is 0.326 e. The fourth-order valence-electron chi connectivity index (χ4n) is 0.742. The number of rotatable bonds is 1. The minimum Gasteiger partial charge on any atom is -0.326 e. The molecule has 0 aliphatic heterocycles. The lowest BCUT2D eigenvalue weighted by atomic mass is 10.2. The molecule has 0 atom stereocenters. The van der Waals surface area contributed by atoms with E-state index in [1.807, 2.05) is 42.5 Å². The Morgan fingerprint density at radius 1 is 1.00 bits per heavy atom. The first-order valence-corrected chi connectivity index (χ1v) is 3.34. The SMILES string of the molecule is NCC1=CC=CC=CC=C1. The van der Waals surface area contributed by atoms with Gasteiger partial charge in [0.1, 0.15) is 0 Å². The molecule has 0 saturated heterocycles. The van der Waals surface area contributed by atoms with Gasteiger partial charge in [0.2, 0.25) is 0 Å². The van der Waals surface area contributed by atoms with E-state index in [1.165, 1.54) is 0 Å². The second kappa shape index (κ2) is 3.85. The molecule has 1 aliphatic rings. The predicted octanol–water partition coefficient (Wildman–Crippen LogP) is 1.55. The van der Waals surface area contributed by atoms with Crippen molar-refractivity contribution in [1.82, 2.24) is 0 Å². The second-order valence-corrected chi connectivity index (χ2v) is 2.07. The van der Waals surface area contributed by atoms with Crippen LogP contribution in [0.2, 0.25) is 0 Å². The van der Waals surface area contributed by atoms with Crippen molar-refractivity contribution in [3.05, 3.63) is 48.1 Å². The molecule has 0 aromatic carbocycles. The summed E-state index contributed by atoms with van der Waals surface area (Å²) in [6.45, 7) is 0.606. The van der Waals surface area contributed by atoms with Crippen molar-refractivity contribution in [3.8, 4) is 0 Å². The molecule has 0 unspecified atom stereocenters. The van der Waals surface area contributed by atoms with Gasteiger partial charge in [0.05, 0.1) is 0 Å². The van der Waals surface area contributed by atoms with E-state index in [0.29, 0.717) is 6.54 Å². The van der Waals surface area contributed by atoms with E-state index in [9.17, 15) is 0 Å². The summed E-state index contributed by atoms with van der Waals surface area (Å²) in [4.78, 5) is 0. The van der Waals surface area contributed by atoms with Crippen molar-refractivity contribution in [2.24, 2.45) is 5.73 Å². The molecule has 0 spiro atoms. The van der Waals surface area contributed by atoms with Gasteiger partial charge in [-0.1, -0.05) is 42.5 Å². The highest BCUT2D eigenvalue weighted by molar-refractivity contribution is 5.31. The van der Waals surface area contributed by atoms with Gasteiger partial charge in [-0.2, -0.15) is 0 Å². The van der Waals surface area contributed by atoms with Gasteiger partial charge in [-0.3, -0.25) is 0 Å². The van der Waals surface area contributed by atoms with Crippen molar-refractivity contribution in [3.63, 3.8) is 0 Å². The number of hydrogen-bond acceptors (Lipinski definition) is 1. The molecule has 0 aromatic heterocycles. The first kappa shape index (κ1) is 7.03. The van der Waals surface area contributed by atoms with Crippen LogP contribution in [0.4, 0.5) is 0 Å². The van der Waals surface area contributed by atoms with E-state index in [2.05, 4.69) is 0 Å². The number of nitrogens with two attached hydrogens (primary N) is 1. The molecule has 0 radical (unpaired) electrons. The van der Waals surface area contributed by atoms with Crippen molar-refractivity contribution in [2.75, 3.05) is 6.54 Å². The Labute approximate surface area is 61.2 Å². The minimum absolute atomic E-state index is 0.606. The van der Waals surface area contributed by atoms with Crippen molar-refractivity contribution in [2.45, 2.75) is 0 Å². The molecule has 0 bridgehead atoms. The Balaban J connectivity index is 2.73. The molecule has 1 heteroatoms. The van der Waals surface area contributed by atoms with Gasteiger partial charge in [0, 0.05) is 6.54 Å². The van der Waals surface area contributed by atoms with E-state index >= 15 is 0 Å². The summed E-state index contributed by atoms with van der Waals surface area (Å²) in [6, 6.07) is 0. The average molecular weight is 133 g/mol. The van der Waals surface area contributed by atoms with E-state index in [4.69, 9.17) is 5.73 Å². The van der Waals surface area contributed by atoms with Gasteiger partial charge in [-0.15, -0.1) is 0 Å². The number of allylic oxidation sites excluding steroid dienone is 6. The van der Waals surface area contributed by atoms with Crippen LogP contribution in [0.15, 0.2) is 48.1 Å². The molecule has 1 rings (SSSR count). The van der Waals surface area contributed by atoms with Gasteiger partial charge in [0.25, 0.3) is 0 Å². The number of hydrogen-bond donors (Lipinski definition) is 1. The second-order valence-electron chi connectivity index (χ2n) is 2.07. The zero-order valence-corrected chi connectivity index (χ0v) is 5.83.